The highest BCUT2D eigenvalue weighted by molar-refractivity contribution is 5.82. The summed E-state index contributed by atoms with van der Waals surface area (Å²) in [7, 11) is 0. The van der Waals surface area contributed by atoms with E-state index in [1.54, 1.807) is 0 Å². The van der Waals surface area contributed by atoms with Gasteiger partial charge in [-0.2, -0.15) is 13.2 Å². The number of carbonyl (C=O) groups is 1. The first-order valence-electron chi connectivity index (χ1n) is 6.32. The maximum Gasteiger partial charge on any atom is 0.394 e. The predicted molar refractivity (Wildman–Crippen MR) is 60.6 cm³/mol. The minimum atomic E-state index is -4.14. The molecule has 0 aromatic heterocycles. The van der Waals surface area contributed by atoms with Crippen molar-refractivity contribution in [2.24, 2.45) is 23.0 Å². The molecule has 0 spiro atoms. The predicted octanol–water partition coefficient (Wildman–Crippen LogP) is 1.82. The van der Waals surface area contributed by atoms with Gasteiger partial charge < -0.3 is 11.1 Å². The zero-order valence-corrected chi connectivity index (χ0v) is 10.6. The number of amides is 1. The Morgan fingerprint density at radius 1 is 1.44 bits per heavy atom. The van der Waals surface area contributed by atoms with Crippen LogP contribution in [0.15, 0.2) is 0 Å². The Morgan fingerprint density at radius 3 is 2.39 bits per heavy atom. The van der Waals surface area contributed by atoms with E-state index in [0.717, 1.165) is 0 Å². The van der Waals surface area contributed by atoms with Gasteiger partial charge in [-0.05, 0) is 31.1 Å². The summed E-state index contributed by atoms with van der Waals surface area (Å²) in [5.41, 5.74) is 4.15. The number of nitrogens with two attached hydrogens (primary N) is 1. The Morgan fingerprint density at radius 2 is 2.06 bits per heavy atom. The lowest BCUT2D eigenvalue weighted by Gasteiger charge is -2.63. The molecule has 104 valence electrons. The van der Waals surface area contributed by atoms with Crippen LogP contribution in [0.25, 0.3) is 0 Å². The lowest BCUT2D eigenvalue weighted by atomic mass is 9.44. The molecule has 3 nitrogen and oxygen atoms in total. The van der Waals surface area contributed by atoms with E-state index in [1.807, 2.05) is 13.8 Å². The molecule has 0 saturated heterocycles. The summed E-state index contributed by atoms with van der Waals surface area (Å²) in [6, 6.07) is -0.997. The average Bonchev–Trinajstić information content (AvgIpc) is 2.20. The van der Waals surface area contributed by atoms with Gasteiger partial charge >= 0.3 is 6.18 Å². The van der Waals surface area contributed by atoms with Crippen molar-refractivity contribution in [3.63, 3.8) is 0 Å². The number of nitrogens with one attached hydrogen (secondary N) is 1. The van der Waals surface area contributed by atoms with E-state index < -0.39 is 23.6 Å². The number of halogens is 3. The van der Waals surface area contributed by atoms with Crippen molar-refractivity contribution in [2.45, 2.75) is 51.4 Å². The summed E-state index contributed by atoms with van der Waals surface area (Å²) < 4.78 is 38.5. The van der Waals surface area contributed by atoms with E-state index in [1.165, 1.54) is 0 Å². The number of carbonyl (C=O) groups excluding carboxylic acids is 1. The van der Waals surface area contributed by atoms with Gasteiger partial charge in [0.2, 0.25) is 5.91 Å². The molecule has 3 N–H and O–H groups in total. The number of hydrogen-bond donors (Lipinski definition) is 2. The smallest absolute Gasteiger partial charge is 0.352 e. The van der Waals surface area contributed by atoms with Gasteiger partial charge in [0.1, 0.15) is 0 Å². The van der Waals surface area contributed by atoms with E-state index >= 15 is 0 Å². The maximum atomic E-state index is 12.8. The molecular formula is C12H19F3N2O. The van der Waals surface area contributed by atoms with Crippen molar-refractivity contribution in [1.82, 2.24) is 5.32 Å². The molecule has 6 heteroatoms. The van der Waals surface area contributed by atoms with Crippen LogP contribution in [0.2, 0.25) is 0 Å². The highest BCUT2D eigenvalue weighted by Gasteiger charge is 2.72. The lowest BCUT2D eigenvalue weighted by molar-refractivity contribution is -0.319. The van der Waals surface area contributed by atoms with Gasteiger partial charge in [-0.1, -0.05) is 13.8 Å². The second kappa shape index (κ2) is 4.11. The van der Waals surface area contributed by atoms with Crippen molar-refractivity contribution < 1.29 is 18.0 Å². The fourth-order valence-corrected chi connectivity index (χ4v) is 3.07. The Labute approximate surface area is 104 Å². The van der Waals surface area contributed by atoms with Crippen LogP contribution in [-0.2, 0) is 4.79 Å². The van der Waals surface area contributed by atoms with Crippen LogP contribution in [0, 0.1) is 17.3 Å². The summed E-state index contributed by atoms with van der Waals surface area (Å²) in [5.74, 6) is -0.794. The third kappa shape index (κ3) is 1.81. The second-order valence-electron chi connectivity index (χ2n) is 5.89. The second-order valence-corrected chi connectivity index (χ2v) is 5.89. The molecule has 2 saturated carbocycles. The first-order chi connectivity index (χ1) is 8.19. The van der Waals surface area contributed by atoms with Crippen LogP contribution in [0.4, 0.5) is 13.2 Å². The molecule has 4 atom stereocenters. The van der Waals surface area contributed by atoms with Crippen LogP contribution < -0.4 is 11.1 Å². The average molecular weight is 264 g/mol. The van der Waals surface area contributed by atoms with E-state index in [9.17, 15) is 18.0 Å². The van der Waals surface area contributed by atoms with Crippen molar-refractivity contribution in [2.75, 3.05) is 0 Å². The first-order valence-corrected chi connectivity index (χ1v) is 6.32. The van der Waals surface area contributed by atoms with Crippen molar-refractivity contribution in [3.8, 4) is 0 Å². The molecule has 0 bridgehead atoms. The lowest BCUT2D eigenvalue weighted by Crippen LogP contribution is -2.70. The summed E-state index contributed by atoms with van der Waals surface area (Å²) in [6.07, 6.45) is -3.39. The third-order valence-corrected chi connectivity index (χ3v) is 4.59. The quantitative estimate of drug-likeness (QED) is 0.817. The number of rotatable bonds is 3. The van der Waals surface area contributed by atoms with E-state index in [4.69, 9.17) is 5.73 Å². The van der Waals surface area contributed by atoms with Gasteiger partial charge in [0, 0.05) is 6.04 Å². The van der Waals surface area contributed by atoms with Crippen molar-refractivity contribution in [3.05, 3.63) is 0 Å². The molecule has 2 rings (SSSR count). The molecular weight excluding hydrogens is 245 g/mol. The third-order valence-electron chi connectivity index (χ3n) is 4.59. The van der Waals surface area contributed by atoms with Crippen LogP contribution in [0.5, 0.6) is 0 Å². The largest absolute Gasteiger partial charge is 0.394 e. The first kappa shape index (κ1) is 13.6. The van der Waals surface area contributed by atoms with Crippen LogP contribution >= 0.6 is 0 Å². The Kier molecular flexibility index (Phi) is 3.12. The zero-order chi connectivity index (χ0) is 13.7. The molecule has 2 aliphatic carbocycles. The zero-order valence-electron chi connectivity index (χ0n) is 10.6. The van der Waals surface area contributed by atoms with Crippen molar-refractivity contribution >= 4 is 5.91 Å². The molecule has 0 aromatic carbocycles. The number of alkyl halides is 3. The van der Waals surface area contributed by atoms with Crippen LogP contribution in [0.1, 0.15) is 33.1 Å². The minimum absolute atomic E-state index is 0.0116. The molecule has 0 aliphatic heterocycles. The Bertz CT molecular complexity index is 356. The van der Waals surface area contributed by atoms with E-state index in [-0.39, 0.29) is 30.7 Å². The molecule has 2 aliphatic rings. The highest BCUT2D eigenvalue weighted by atomic mass is 19.4. The van der Waals surface area contributed by atoms with Crippen LogP contribution in [0.3, 0.4) is 0 Å². The monoisotopic (exact) mass is 264 g/mol. The number of hydrogen-bond acceptors (Lipinski definition) is 2. The van der Waals surface area contributed by atoms with Crippen molar-refractivity contribution in [1.29, 1.82) is 0 Å². The van der Waals surface area contributed by atoms with Gasteiger partial charge in [0.15, 0.2) is 0 Å². The summed E-state index contributed by atoms with van der Waals surface area (Å²) in [4.78, 5) is 11.7. The Hall–Kier alpha value is -0.780. The molecule has 0 aromatic rings. The summed E-state index contributed by atoms with van der Waals surface area (Å²) in [6.45, 7) is 3.63. The van der Waals surface area contributed by atoms with Crippen LogP contribution in [-0.4, -0.2) is 24.2 Å². The van der Waals surface area contributed by atoms with Gasteiger partial charge in [0.25, 0.3) is 0 Å². The van der Waals surface area contributed by atoms with Gasteiger partial charge in [-0.25, -0.2) is 0 Å². The topological polar surface area (TPSA) is 55.1 Å². The SMILES string of the molecule is CC(C)[C@H](N)C(=O)NC1CC2(C(F)(F)F)CCC12. The minimum Gasteiger partial charge on any atom is -0.352 e. The van der Waals surface area contributed by atoms with Gasteiger partial charge in [-0.3, -0.25) is 4.79 Å². The highest BCUT2D eigenvalue weighted by Crippen LogP contribution is 2.68. The molecule has 18 heavy (non-hydrogen) atoms. The molecule has 2 fully saturated rings. The van der Waals surface area contributed by atoms with Gasteiger partial charge in [0.05, 0.1) is 11.5 Å². The Balaban J connectivity index is 1.91. The summed E-state index contributed by atoms with van der Waals surface area (Å²) >= 11 is 0. The fraction of sp³-hybridized carbons (Fsp3) is 0.917. The van der Waals surface area contributed by atoms with E-state index in [0.29, 0.717) is 6.42 Å². The molecule has 0 radical (unpaired) electrons. The van der Waals surface area contributed by atoms with Gasteiger partial charge in [-0.15, -0.1) is 0 Å². The molecule has 1 amide bonds. The fourth-order valence-electron chi connectivity index (χ4n) is 3.07. The van der Waals surface area contributed by atoms with E-state index in [2.05, 4.69) is 5.32 Å². The standard InChI is InChI=1S/C12H19F3N2O/c1-6(2)9(16)10(18)17-8-5-11(12(13,14)15)4-3-7(8)11/h6-9H,3-5,16H2,1-2H3,(H,17,18)/t7?,8?,9-,11?/m0/s1. The maximum absolute atomic E-state index is 12.8. The molecule has 0 heterocycles. The normalized spacial score (nSPS) is 36.4. The number of fused-ring (bicyclic) bond motifs is 1. The summed E-state index contributed by atoms with van der Waals surface area (Å²) in [5, 5.41) is 2.66. The molecule has 3 unspecified atom stereocenters.